The van der Waals surface area contributed by atoms with Gasteiger partial charge in [0.2, 0.25) is 0 Å². The molecule has 7 nitrogen and oxygen atoms in total. The number of anilines is 1. The summed E-state index contributed by atoms with van der Waals surface area (Å²) in [6.07, 6.45) is 0.556. The molecule has 1 aromatic heterocycles. The number of aromatic nitrogens is 2. The molecule has 2 N–H and O–H groups in total. The van der Waals surface area contributed by atoms with Crippen molar-refractivity contribution in [2.75, 3.05) is 23.4 Å². The van der Waals surface area contributed by atoms with Gasteiger partial charge in [0, 0.05) is 18.7 Å². The van der Waals surface area contributed by atoms with E-state index >= 15 is 0 Å². The number of aryl methyl sites for hydroxylation is 1. The number of hydrogen-bond acceptors (Lipinski definition) is 6. The lowest BCUT2D eigenvalue weighted by atomic mass is 10.2. The average Bonchev–Trinajstić information content (AvgIpc) is 2.74. The number of rotatable bonds is 5. The van der Waals surface area contributed by atoms with Gasteiger partial charge in [-0.15, -0.1) is 0 Å². The van der Waals surface area contributed by atoms with Gasteiger partial charge in [-0.1, -0.05) is 13.8 Å². The van der Waals surface area contributed by atoms with Gasteiger partial charge in [-0.25, -0.2) is 18.4 Å². The van der Waals surface area contributed by atoms with E-state index in [0.717, 1.165) is 0 Å². The molecule has 122 valence electrons. The van der Waals surface area contributed by atoms with Crippen molar-refractivity contribution in [1.29, 1.82) is 0 Å². The molecule has 0 radical (unpaired) electrons. The van der Waals surface area contributed by atoms with Crippen LogP contribution in [0, 0.1) is 12.8 Å². The molecule has 1 unspecified atom stereocenters. The van der Waals surface area contributed by atoms with Gasteiger partial charge in [0.15, 0.2) is 9.84 Å². The van der Waals surface area contributed by atoms with Crippen molar-refractivity contribution in [2.24, 2.45) is 5.92 Å². The standard InChI is InChI=1S/C14H22N4O3S/c1-9(2)7-15-14(19)12-6-13(17-10(3)16-12)18-11-4-5-22(20,21)8-11/h6,9,11H,4-5,7-8H2,1-3H3,(H,15,19)(H,16,17,18). The highest BCUT2D eigenvalue weighted by molar-refractivity contribution is 7.91. The molecule has 0 aromatic carbocycles. The van der Waals surface area contributed by atoms with Crippen molar-refractivity contribution >= 4 is 21.6 Å². The third-order valence-electron chi connectivity index (χ3n) is 3.33. The monoisotopic (exact) mass is 326 g/mol. The van der Waals surface area contributed by atoms with Crippen LogP contribution in [0.25, 0.3) is 0 Å². The molecule has 1 fully saturated rings. The van der Waals surface area contributed by atoms with Gasteiger partial charge in [0.05, 0.1) is 11.5 Å². The smallest absolute Gasteiger partial charge is 0.270 e. The molecular formula is C14H22N4O3S. The first-order valence-corrected chi connectivity index (χ1v) is 9.18. The van der Waals surface area contributed by atoms with Crippen molar-refractivity contribution < 1.29 is 13.2 Å². The first-order valence-electron chi connectivity index (χ1n) is 7.36. The van der Waals surface area contributed by atoms with E-state index in [2.05, 4.69) is 20.6 Å². The molecule has 1 atom stereocenters. The fourth-order valence-electron chi connectivity index (χ4n) is 2.26. The zero-order valence-corrected chi connectivity index (χ0v) is 13.9. The summed E-state index contributed by atoms with van der Waals surface area (Å²) in [6.45, 7) is 6.30. The van der Waals surface area contributed by atoms with E-state index in [1.54, 1.807) is 13.0 Å². The van der Waals surface area contributed by atoms with Crippen molar-refractivity contribution in [1.82, 2.24) is 15.3 Å². The molecule has 1 aromatic rings. The fraction of sp³-hybridized carbons (Fsp3) is 0.643. The first-order chi connectivity index (χ1) is 10.2. The minimum absolute atomic E-state index is 0.102. The molecule has 1 aliphatic rings. The Morgan fingerprint density at radius 1 is 1.41 bits per heavy atom. The maximum Gasteiger partial charge on any atom is 0.270 e. The fourth-order valence-corrected chi connectivity index (χ4v) is 3.94. The predicted octanol–water partition coefficient (Wildman–Crippen LogP) is 0.770. The molecule has 2 heterocycles. The van der Waals surface area contributed by atoms with Gasteiger partial charge in [0.1, 0.15) is 17.3 Å². The molecule has 0 spiro atoms. The summed E-state index contributed by atoms with van der Waals surface area (Å²) in [5.41, 5.74) is 0.288. The molecule has 2 rings (SSSR count). The number of sulfone groups is 1. The molecule has 0 bridgehead atoms. The Morgan fingerprint density at radius 3 is 2.73 bits per heavy atom. The maximum absolute atomic E-state index is 12.1. The number of amides is 1. The van der Waals surface area contributed by atoms with Gasteiger partial charge >= 0.3 is 0 Å². The quantitative estimate of drug-likeness (QED) is 0.829. The predicted molar refractivity (Wildman–Crippen MR) is 84.6 cm³/mol. The number of nitrogens with one attached hydrogen (secondary N) is 2. The molecule has 1 saturated heterocycles. The van der Waals surface area contributed by atoms with Gasteiger partial charge < -0.3 is 10.6 Å². The molecule has 8 heteroatoms. The molecular weight excluding hydrogens is 304 g/mol. The lowest BCUT2D eigenvalue weighted by Crippen LogP contribution is -2.29. The summed E-state index contributed by atoms with van der Waals surface area (Å²) >= 11 is 0. The Labute approximate surface area is 130 Å². The molecule has 0 saturated carbocycles. The van der Waals surface area contributed by atoms with Crippen LogP contribution in [0.5, 0.6) is 0 Å². The summed E-state index contributed by atoms with van der Waals surface area (Å²) in [7, 11) is -2.96. The zero-order chi connectivity index (χ0) is 16.3. The second-order valence-corrected chi connectivity index (χ2v) is 8.26. The minimum Gasteiger partial charge on any atom is -0.366 e. The summed E-state index contributed by atoms with van der Waals surface area (Å²) < 4.78 is 23.0. The van der Waals surface area contributed by atoms with E-state index in [0.29, 0.717) is 30.5 Å². The summed E-state index contributed by atoms with van der Waals surface area (Å²) in [5, 5.41) is 5.89. The topological polar surface area (TPSA) is 101 Å². The molecule has 22 heavy (non-hydrogen) atoms. The van der Waals surface area contributed by atoms with Crippen molar-refractivity contribution in [3.8, 4) is 0 Å². The van der Waals surface area contributed by atoms with Crippen molar-refractivity contribution in [2.45, 2.75) is 33.2 Å². The van der Waals surface area contributed by atoms with Crippen LogP contribution in [0.2, 0.25) is 0 Å². The second-order valence-electron chi connectivity index (χ2n) is 6.03. The van der Waals surface area contributed by atoms with Crippen LogP contribution in [0.4, 0.5) is 5.82 Å². The van der Waals surface area contributed by atoms with Crippen molar-refractivity contribution in [3.63, 3.8) is 0 Å². The highest BCUT2D eigenvalue weighted by atomic mass is 32.2. The van der Waals surface area contributed by atoms with Crippen LogP contribution >= 0.6 is 0 Å². The molecule has 1 aliphatic heterocycles. The average molecular weight is 326 g/mol. The Balaban J connectivity index is 2.08. The SMILES string of the molecule is Cc1nc(NC2CCS(=O)(=O)C2)cc(C(=O)NCC(C)C)n1. The lowest BCUT2D eigenvalue weighted by Gasteiger charge is -2.13. The number of hydrogen-bond donors (Lipinski definition) is 2. The van der Waals surface area contributed by atoms with Gasteiger partial charge in [0.25, 0.3) is 5.91 Å². The Morgan fingerprint density at radius 2 is 2.14 bits per heavy atom. The number of carbonyl (C=O) groups excluding carboxylic acids is 1. The summed E-state index contributed by atoms with van der Waals surface area (Å²) in [6, 6.07) is 1.40. The van der Waals surface area contributed by atoms with Crippen LogP contribution < -0.4 is 10.6 Å². The van der Waals surface area contributed by atoms with Crippen LogP contribution in [0.1, 0.15) is 36.6 Å². The van der Waals surface area contributed by atoms with Crippen molar-refractivity contribution in [3.05, 3.63) is 17.6 Å². The van der Waals surface area contributed by atoms with Gasteiger partial charge in [-0.05, 0) is 19.3 Å². The maximum atomic E-state index is 12.1. The van der Waals surface area contributed by atoms with Crippen LogP contribution in [-0.2, 0) is 9.84 Å². The summed E-state index contributed by atoms with van der Waals surface area (Å²) in [5.74, 6) is 1.36. The summed E-state index contributed by atoms with van der Waals surface area (Å²) in [4.78, 5) is 20.4. The Kier molecular flexibility index (Phi) is 5.00. The van der Waals surface area contributed by atoms with Crippen LogP contribution in [0.15, 0.2) is 6.07 Å². The third-order valence-corrected chi connectivity index (χ3v) is 5.09. The molecule has 0 aliphatic carbocycles. The largest absolute Gasteiger partial charge is 0.366 e. The zero-order valence-electron chi connectivity index (χ0n) is 13.1. The van der Waals surface area contributed by atoms with E-state index in [1.807, 2.05) is 13.8 Å². The third kappa shape index (κ3) is 4.66. The van der Waals surface area contributed by atoms with Gasteiger partial charge in [-0.3, -0.25) is 4.79 Å². The minimum atomic E-state index is -2.96. The van der Waals surface area contributed by atoms with Crippen LogP contribution in [0.3, 0.4) is 0 Å². The second kappa shape index (κ2) is 6.60. The highest BCUT2D eigenvalue weighted by Gasteiger charge is 2.28. The highest BCUT2D eigenvalue weighted by Crippen LogP contribution is 2.17. The first kappa shape index (κ1) is 16.7. The molecule has 1 amide bonds. The van der Waals surface area contributed by atoms with E-state index in [4.69, 9.17) is 0 Å². The number of carbonyl (C=O) groups is 1. The van der Waals surface area contributed by atoms with Gasteiger partial charge in [-0.2, -0.15) is 0 Å². The Hall–Kier alpha value is -1.70. The Bertz CT molecular complexity index is 658. The number of nitrogens with zero attached hydrogens (tertiary/aromatic N) is 2. The lowest BCUT2D eigenvalue weighted by molar-refractivity contribution is 0.0943. The van der Waals surface area contributed by atoms with E-state index < -0.39 is 9.84 Å². The van der Waals surface area contributed by atoms with E-state index in [9.17, 15) is 13.2 Å². The van der Waals surface area contributed by atoms with E-state index in [-0.39, 0.29) is 29.1 Å². The van der Waals surface area contributed by atoms with Crippen LogP contribution in [-0.4, -0.2) is 48.4 Å². The normalized spacial score (nSPS) is 20.1. The van der Waals surface area contributed by atoms with E-state index in [1.165, 1.54) is 0 Å².